The maximum atomic E-state index is 12.2. The molecular formula is C18H17N3OS3. The first-order chi connectivity index (χ1) is 12.2. The molecule has 1 aromatic carbocycles. The molecular weight excluding hydrogens is 370 g/mol. The van der Waals surface area contributed by atoms with Gasteiger partial charge in [0.25, 0.3) is 0 Å². The molecule has 0 radical (unpaired) electrons. The van der Waals surface area contributed by atoms with Gasteiger partial charge in [-0.2, -0.15) is 5.10 Å². The minimum Gasteiger partial charge on any atom is -0.310 e. The number of nitrogens with zero attached hydrogens (tertiary/aromatic N) is 2. The van der Waals surface area contributed by atoms with Crippen LogP contribution in [0.1, 0.15) is 21.3 Å². The zero-order valence-corrected chi connectivity index (χ0v) is 16.1. The Hall–Kier alpha value is -1.70. The van der Waals surface area contributed by atoms with Crippen LogP contribution in [0.3, 0.4) is 0 Å². The molecule has 0 aliphatic carbocycles. The van der Waals surface area contributed by atoms with Crippen molar-refractivity contribution >= 4 is 46.6 Å². The molecule has 3 heterocycles. The molecule has 1 N–H and O–H groups in total. The fraction of sp³-hybridized carbons (Fsp3) is 0.222. The van der Waals surface area contributed by atoms with E-state index in [1.165, 1.54) is 15.3 Å². The van der Waals surface area contributed by atoms with E-state index in [1.54, 1.807) is 34.9 Å². The monoisotopic (exact) mass is 387 g/mol. The quantitative estimate of drug-likeness (QED) is 0.670. The Labute approximate surface area is 159 Å². The van der Waals surface area contributed by atoms with Crippen LogP contribution >= 0.6 is 34.9 Å². The minimum absolute atomic E-state index is 0.0300. The first-order valence-electron chi connectivity index (χ1n) is 7.88. The van der Waals surface area contributed by atoms with Crippen LogP contribution in [-0.4, -0.2) is 27.7 Å². The maximum Gasteiger partial charge on any atom is 0.235 e. The molecule has 0 spiro atoms. The fourth-order valence-corrected chi connectivity index (χ4v) is 5.06. The summed E-state index contributed by atoms with van der Waals surface area (Å²) in [5.74, 6) is 1.30. The van der Waals surface area contributed by atoms with E-state index in [0.29, 0.717) is 12.3 Å². The van der Waals surface area contributed by atoms with Gasteiger partial charge in [0.05, 0.1) is 23.7 Å². The zero-order valence-electron chi connectivity index (χ0n) is 13.6. The number of carbonyl (C=O) groups excluding carboxylic acids is 1. The van der Waals surface area contributed by atoms with Crippen molar-refractivity contribution in [1.29, 1.82) is 0 Å². The van der Waals surface area contributed by atoms with Crippen LogP contribution < -0.4 is 5.32 Å². The highest BCUT2D eigenvalue weighted by atomic mass is 32.2. The summed E-state index contributed by atoms with van der Waals surface area (Å²) in [6.45, 7) is 0.677. The molecule has 1 amide bonds. The molecule has 128 valence electrons. The summed E-state index contributed by atoms with van der Waals surface area (Å²) >= 11 is 5.08. The van der Waals surface area contributed by atoms with E-state index in [-0.39, 0.29) is 11.2 Å². The third kappa shape index (κ3) is 3.49. The summed E-state index contributed by atoms with van der Waals surface area (Å²) in [6, 6.07) is 12.7. The van der Waals surface area contributed by atoms with Gasteiger partial charge in [-0.25, -0.2) is 4.68 Å². The number of benzene rings is 1. The molecule has 0 bridgehead atoms. The smallest absolute Gasteiger partial charge is 0.235 e. The number of amides is 1. The molecule has 3 aromatic rings. The predicted octanol–water partition coefficient (Wildman–Crippen LogP) is 4.49. The van der Waals surface area contributed by atoms with Crippen molar-refractivity contribution in [3.63, 3.8) is 0 Å². The van der Waals surface area contributed by atoms with Gasteiger partial charge in [0, 0.05) is 15.3 Å². The van der Waals surface area contributed by atoms with E-state index >= 15 is 0 Å². The Morgan fingerprint density at radius 2 is 2.16 bits per heavy atom. The lowest BCUT2D eigenvalue weighted by Gasteiger charge is -2.14. The third-order valence-electron chi connectivity index (χ3n) is 4.09. The predicted molar refractivity (Wildman–Crippen MR) is 107 cm³/mol. The summed E-state index contributed by atoms with van der Waals surface area (Å²) in [7, 11) is 0. The lowest BCUT2D eigenvalue weighted by molar-refractivity contribution is -0.113. The molecule has 1 atom stereocenters. The van der Waals surface area contributed by atoms with Crippen molar-refractivity contribution in [3.05, 3.63) is 64.0 Å². The van der Waals surface area contributed by atoms with E-state index < -0.39 is 0 Å². The molecule has 25 heavy (non-hydrogen) atoms. The molecule has 0 unspecified atom stereocenters. The highest BCUT2D eigenvalue weighted by Gasteiger charge is 2.27. The second-order valence-corrected chi connectivity index (χ2v) is 8.70. The Morgan fingerprint density at radius 3 is 2.88 bits per heavy atom. The average molecular weight is 388 g/mol. The fourth-order valence-electron chi connectivity index (χ4n) is 2.87. The van der Waals surface area contributed by atoms with Gasteiger partial charge in [0.2, 0.25) is 5.91 Å². The van der Waals surface area contributed by atoms with Crippen LogP contribution in [0.25, 0.3) is 0 Å². The van der Waals surface area contributed by atoms with Gasteiger partial charge < -0.3 is 5.32 Å². The van der Waals surface area contributed by atoms with Crippen molar-refractivity contribution in [1.82, 2.24) is 9.78 Å². The number of carbonyl (C=O) groups is 1. The molecule has 0 saturated heterocycles. The third-order valence-corrected chi connectivity index (χ3v) is 6.99. The van der Waals surface area contributed by atoms with E-state index in [4.69, 9.17) is 0 Å². The highest BCUT2D eigenvalue weighted by Crippen LogP contribution is 2.41. The van der Waals surface area contributed by atoms with E-state index in [1.807, 2.05) is 16.9 Å². The van der Waals surface area contributed by atoms with Crippen LogP contribution in [0.4, 0.5) is 5.82 Å². The Bertz CT molecular complexity index is 872. The Kier molecular flexibility index (Phi) is 4.87. The lowest BCUT2D eigenvalue weighted by Crippen LogP contribution is -2.16. The Morgan fingerprint density at radius 1 is 1.32 bits per heavy atom. The van der Waals surface area contributed by atoms with Crippen LogP contribution in [0.15, 0.2) is 52.9 Å². The topological polar surface area (TPSA) is 46.9 Å². The summed E-state index contributed by atoms with van der Waals surface area (Å²) in [5, 5.41) is 9.77. The van der Waals surface area contributed by atoms with Crippen molar-refractivity contribution in [3.8, 4) is 0 Å². The number of thiophene rings is 1. The number of thioether (sulfide) groups is 2. The van der Waals surface area contributed by atoms with Crippen molar-refractivity contribution in [2.45, 2.75) is 16.7 Å². The molecule has 2 aromatic heterocycles. The molecule has 4 rings (SSSR count). The van der Waals surface area contributed by atoms with Crippen LogP contribution in [0.2, 0.25) is 0 Å². The standard InChI is InChI=1S/C18H17N3OS3/c1-23-13-6-4-12(5-7-13)17-15-9-19-21(10-14-3-2-8-24-14)18(15)20-16(22)11-25-17/h2-9,17H,10-11H2,1H3,(H,20,22)/t17-/m0/s1. The van der Waals surface area contributed by atoms with Gasteiger partial charge >= 0.3 is 0 Å². The molecule has 1 aliphatic rings. The Balaban J connectivity index is 1.71. The maximum absolute atomic E-state index is 12.2. The first-order valence-corrected chi connectivity index (χ1v) is 11.0. The number of hydrogen-bond donors (Lipinski definition) is 1. The van der Waals surface area contributed by atoms with Gasteiger partial charge in [-0.1, -0.05) is 18.2 Å². The van der Waals surface area contributed by atoms with Crippen LogP contribution in [0, 0.1) is 0 Å². The average Bonchev–Trinajstić information content (AvgIpc) is 3.24. The number of aromatic nitrogens is 2. The van der Waals surface area contributed by atoms with Crippen molar-refractivity contribution < 1.29 is 4.79 Å². The number of fused-ring (bicyclic) bond motifs is 1. The number of rotatable bonds is 4. The number of anilines is 1. The van der Waals surface area contributed by atoms with Crippen LogP contribution in [-0.2, 0) is 11.3 Å². The summed E-state index contributed by atoms with van der Waals surface area (Å²) < 4.78 is 1.90. The normalized spacial score (nSPS) is 17.0. The molecule has 7 heteroatoms. The number of hydrogen-bond acceptors (Lipinski definition) is 5. The molecule has 1 aliphatic heterocycles. The van der Waals surface area contributed by atoms with Gasteiger partial charge in [0.15, 0.2) is 0 Å². The van der Waals surface area contributed by atoms with E-state index in [2.05, 4.69) is 52.4 Å². The SMILES string of the molecule is CSc1ccc([C@@H]2SCC(=O)Nc3c2cnn3Cc2cccs2)cc1. The van der Waals surface area contributed by atoms with Gasteiger partial charge in [-0.15, -0.1) is 34.9 Å². The second-order valence-electron chi connectivity index (χ2n) is 5.70. The largest absolute Gasteiger partial charge is 0.310 e. The van der Waals surface area contributed by atoms with Crippen molar-refractivity contribution in [2.75, 3.05) is 17.3 Å². The highest BCUT2D eigenvalue weighted by molar-refractivity contribution is 8.00. The van der Waals surface area contributed by atoms with Crippen LogP contribution in [0.5, 0.6) is 0 Å². The number of nitrogens with one attached hydrogen (secondary N) is 1. The molecule has 4 nitrogen and oxygen atoms in total. The van der Waals surface area contributed by atoms with Crippen molar-refractivity contribution in [2.24, 2.45) is 0 Å². The van der Waals surface area contributed by atoms with Gasteiger partial charge in [-0.05, 0) is 35.4 Å². The minimum atomic E-state index is 0.0300. The molecule has 0 saturated carbocycles. The summed E-state index contributed by atoms with van der Waals surface area (Å²) in [5.41, 5.74) is 2.28. The van der Waals surface area contributed by atoms with E-state index in [0.717, 1.165) is 11.4 Å². The summed E-state index contributed by atoms with van der Waals surface area (Å²) in [4.78, 5) is 14.7. The van der Waals surface area contributed by atoms with Gasteiger partial charge in [-0.3, -0.25) is 4.79 Å². The summed E-state index contributed by atoms with van der Waals surface area (Å²) in [6.07, 6.45) is 3.97. The lowest BCUT2D eigenvalue weighted by atomic mass is 10.1. The first kappa shape index (κ1) is 16.8. The van der Waals surface area contributed by atoms with Gasteiger partial charge in [0.1, 0.15) is 5.82 Å². The zero-order chi connectivity index (χ0) is 17.2. The second kappa shape index (κ2) is 7.27. The molecule has 0 fully saturated rings. The van der Waals surface area contributed by atoms with E-state index in [9.17, 15) is 4.79 Å².